The summed E-state index contributed by atoms with van der Waals surface area (Å²) >= 11 is 0. The molecule has 0 aliphatic rings. The van der Waals surface area contributed by atoms with Crippen molar-refractivity contribution < 1.29 is 13.9 Å². The molecule has 0 radical (unpaired) electrons. The zero-order valence-electron chi connectivity index (χ0n) is 9.66. The van der Waals surface area contributed by atoms with E-state index in [1.165, 1.54) is 17.1 Å². The third-order valence-electron chi connectivity index (χ3n) is 2.11. The number of anilines is 2. The number of halogens is 2. The quantitative estimate of drug-likeness (QED) is 0.682. The number of aliphatic hydroxyl groups is 1. The Morgan fingerprint density at radius 2 is 2.16 bits per heavy atom. The standard InChI is InChI=1S/C9H11F2N7O/c10-9(11,4-19)3-14-7-15-6(12)16-8(17-7)18-2-1-13-5-18/h1-2,5,19H,3-4H2,(H3,12,14,15,16,17). The van der Waals surface area contributed by atoms with E-state index in [0.717, 1.165) is 0 Å². The maximum atomic E-state index is 12.9. The van der Waals surface area contributed by atoms with E-state index in [9.17, 15) is 8.78 Å². The second-order valence-corrected chi connectivity index (χ2v) is 3.65. The molecule has 102 valence electrons. The zero-order chi connectivity index (χ0) is 13.9. The Hall–Kier alpha value is -2.36. The summed E-state index contributed by atoms with van der Waals surface area (Å²) in [5, 5.41) is 10.7. The number of nitrogen functional groups attached to an aromatic ring is 1. The van der Waals surface area contributed by atoms with Crippen LogP contribution in [-0.2, 0) is 0 Å². The third kappa shape index (κ3) is 3.31. The predicted molar refractivity (Wildman–Crippen MR) is 61.9 cm³/mol. The molecular weight excluding hydrogens is 260 g/mol. The van der Waals surface area contributed by atoms with Crippen molar-refractivity contribution in [1.82, 2.24) is 24.5 Å². The van der Waals surface area contributed by atoms with Crippen LogP contribution in [0.4, 0.5) is 20.7 Å². The van der Waals surface area contributed by atoms with Crippen LogP contribution in [-0.4, -0.2) is 48.7 Å². The minimum Gasteiger partial charge on any atom is -0.390 e. The van der Waals surface area contributed by atoms with Crippen LogP contribution in [0.25, 0.3) is 5.95 Å². The summed E-state index contributed by atoms with van der Waals surface area (Å²) < 4.78 is 27.2. The van der Waals surface area contributed by atoms with E-state index < -0.39 is 19.1 Å². The summed E-state index contributed by atoms with van der Waals surface area (Å²) in [6.45, 7) is -2.08. The number of aromatic nitrogens is 5. The molecule has 0 fully saturated rings. The monoisotopic (exact) mass is 271 g/mol. The van der Waals surface area contributed by atoms with E-state index in [4.69, 9.17) is 10.8 Å². The number of aliphatic hydroxyl groups excluding tert-OH is 1. The summed E-state index contributed by atoms with van der Waals surface area (Å²) in [5.74, 6) is -3.34. The molecule has 19 heavy (non-hydrogen) atoms. The fraction of sp³-hybridized carbons (Fsp3) is 0.333. The first kappa shape index (κ1) is 13.1. The van der Waals surface area contributed by atoms with Gasteiger partial charge in [0.1, 0.15) is 12.9 Å². The molecule has 10 heteroatoms. The average molecular weight is 271 g/mol. The summed E-state index contributed by atoms with van der Waals surface area (Å²) in [5.41, 5.74) is 5.46. The topological polar surface area (TPSA) is 115 Å². The van der Waals surface area contributed by atoms with Gasteiger partial charge in [-0.15, -0.1) is 0 Å². The van der Waals surface area contributed by atoms with Gasteiger partial charge in [-0.3, -0.25) is 4.57 Å². The van der Waals surface area contributed by atoms with Gasteiger partial charge in [-0.1, -0.05) is 0 Å². The highest BCUT2D eigenvalue weighted by Crippen LogP contribution is 2.13. The summed E-state index contributed by atoms with van der Waals surface area (Å²) in [6, 6.07) is 0. The Balaban J connectivity index is 2.18. The molecule has 2 heterocycles. The van der Waals surface area contributed by atoms with Crippen molar-refractivity contribution in [3.05, 3.63) is 18.7 Å². The fourth-order valence-corrected chi connectivity index (χ4v) is 1.22. The second kappa shape index (κ2) is 5.10. The van der Waals surface area contributed by atoms with Crippen LogP contribution >= 0.6 is 0 Å². The van der Waals surface area contributed by atoms with Crippen LogP contribution in [0, 0.1) is 0 Å². The number of nitrogens with two attached hydrogens (primary N) is 1. The van der Waals surface area contributed by atoms with E-state index in [1.807, 2.05) is 0 Å². The highest BCUT2D eigenvalue weighted by Gasteiger charge is 2.27. The molecule has 0 atom stereocenters. The molecule has 8 nitrogen and oxygen atoms in total. The average Bonchev–Trinajstić information content (AvgIpc) is 2.90. The highest BCUT2D eigenvalue weighted by atomic mass is 19.3. The van der Waals surface area contributed by atoms with E-state index in [0.29, 0.717) is 0 Å². The predicted octanol–water partition coefficient (Wildman–Crippen LogP) is -0.321. The normalized spacial score (nSPS) is 11.5. The maximum Gasteiger partial charge on any atom is 0.287 e. The Kier molecular flexibility index (Phi) is 3.51. The van der Waals surface area contributed by atoms with Crippen molar-refractivity contribution in [2.75, 3.05) is 24.2 Å². The minimum atomic E-state index is -3.27. The van der Waals surface area contributed by atoms with Gasteiger partial charge >= 0.3 is 0 Å². The molecule has 0 amide bonds. The van der Waals surface area contributed by atoms with Crippen molar-refractivity contribution >= 4 is 11.9 Å². The first-order valence-electron chi connectivity index (χ1n) is 5.22. The summed E-state index contributed by atoms with van der Waals surface area (Å²) in [7, 11) is 0. The number of alkyl halides is 2. The van der Waals surface area contributed by atoms with Crippen LogP contribution < -0.4 is 11.1 Å². The molecule has 0 unspecified atom stereocenters. The summed E-state index contributed by atoms with van der Waals surface area (Å²) in [4.78, 5) is 15.2. The van der Waals surface area contributed by atoms with Gasteiger partial charge in [-0.25, -0.2) is 13.8 Å². The lowest BCUT2D eigenvalue weighted by molar-refractivity contribution is -0.0374. The Bertz CT molecular complexity index is 546. The number of hydrogen-bond acceptors (Lipinski definition) is 7. The molecule has 0 saturated heterocycles. The Morgan fingerprint density at radius 3 is 2.79 bits per heavy atom. The van der Waals surface area contributed by atoms with Crippen molar-refractivity contribution in [3.63, 3.8) is 0 Å². The molecule has 0 aliphatic carbocycles. The van der Waals surface area contributed by atoms with Crippen LogP contribution in [0.3, 0.4) is 0 Å². The van der Waals surface area contributed by atoms with E-state index >= 15 is 0 Å². The van der Waals surface area contributed by atoms with Gasteiger partial charge in [-0.2, -0.15) is 15.0 Å². The highest BCUT2D eigenvalue weighted by molar-refractivity contribution is 5.35. The minimum absolute atomic E-state index is 0.107. The van der Waals surface area contributed by atoms with E-state index in [-0.39, 0.29) is 17.8 Å². The fourth-order valence-electron chi connectivity index (χ4n) is 1.22. The molecule has 0 bridgehead atoms. The second-order valence-electron chi connectivity index (χ2n) is 3.65. The van der Waals surface area contributed by atoms with Crippen molar-refractivity contribution in [1.29, 1.82) is 0 Å². The molecule has 0 spiro atoms. The van der Waals surface area contributed by atoms with Gasteiger partial charge in [0.25, 0.3) is 5.92 Å². The van der Waals surface area contributed by atoms with E-state index in [1.54, 1.807) is 6.20 Å². The molecule has 4 N–H and O–H groups in total. The zero-order valence-corrected chi connectivity index (χ0v) is 9.66. The third-order valence-corrected chi connectivity index (χ3v) is 2.11. The van der Waals surface area contributed by atoms with Crippen LogP contribution in [0.5, 0.6) is 0 Å². The van der Waals surface area contributed by atoms with Crippen molar-refractivity contribution in [3.8, 4) is 5.95 Å². The maximum absolute atomic E-state index is 12.9. The Morgan fingerprint density at radius 1 is 1.37 bits per heavy atom. The lowest BCUT2D eigenvalue weighted by atomic mass is 10.3. The molecule has 2 aromatic rings. The van der Waals surface area contributed by atoms with Gasteiger partial charge < -0.3 is 16.2 Å². The van der Waals surface area contributed by atoms with Crippen LogP contribution in [0.15, 0.2) is 18.7 Å². The lowest BCUT2D eigenvalue weighted by Crippen LogP contribution is -2.31. The van der Waals surface area contributed by atoms with Gasteiger partial charge in [0.2, 0.25) is 17.8 Å². The van der Waals surface area contributed by atoms with Gasteiger partial charge in [-0.05, 0) is 0 Å². The number of rotatable bonds is 5. The molecular formula is C9H11F2N7O. The largest absolute Gasteiger partial charge is 0.390 e. The van der Waals surface area contributed by atoms with Gasteiger partial charge in [0.15, 0.2) is 0 Å². The van der Waals surface area contributed by atoms with E-state index in [2.05, 4.69) is 25.3 Å². The number of nitrogens with zero attached hydrogens (tertiary/aromatic N) is 5. The van der Waals surface area contributed by atoms with Crippen molar-refractivity contribution in [2.24, 2.45) is 0 Å². The Labute approximate surface area is 106 Å². The molecule has 2 rings (SSSR count). The van der Waals surface area contributed by atoms with Crippen LogP contribution in [0.2, 0.25) is 0 Å². The smallest absolute Gasteiger partial charge is 0.287 e. The first-order valence-corrected chi connectivity index (χ1v) is 5.22. The lowest BCUT2D eigenvalue weighted by Gasteiger charge is -2.14. The number of imidazole rings is 1. The number of nitrogens with one attached hydrogen (secondary N) is 1. The molecule has 0 saturated carbocycles. The number of hydrogen-bond donors (Lipinski definition) is 3. The SMILES string of the molecule is Nc1nc(NCC(F)(F)CO)nc(-n2ccnc2)n1. The molecule has 2 aromatic heterocycles. The van der Waals surface area contributed by atoms with Crippen molar-refractivity contribution in [2.45, 2.75) is 5.92 Å². The first-order chi connectivity index (χ1) is 9.00. The van der Waals surface area contributed by atoms with Crippen LogP contribution in [0.1, 0.15) is 0 Å². The molecule has 0 aromatic carbocycles. The molecule has 0 aliphatic heterocycles. The van der Waals surface area contributed by atoms with Gasteiger partial charge in [0, 0.05) is 12.4 Å². The summed E-state index contributed by atoms with van der Waals surface area (Å²) in [6.07, 6.45) is 4.51. The van der Waals surface area contributed by atoms with Gasteiger partial charge in [0.05, 0.1) is 6.54 Å².